The summed E-state index contributed by atoms with van der Waals surface area (Å²) < 4.78 is 0. The smallest absolute Gasteiger partial charge is 0.308 e. The van der Waals surface area contributed by atoms with Crippen molar-refractivity contribution in [3.8, 4) is 0 Å². The molecule has 1 aliphatic heterocycles. The van der Waals surface area contributed by atoms with Gasteiger partial charge in [-0.1, -0.05) is 42.0 Å². The first kappa shape index (κ1) is 15.0. The highest BCUT2D eigenvalue weighted by molar-refractivity contribution is 7.99. The Morgan fingerprint density at radius 1 is 1.18 bits per heavy atom. The van der Waals surface area contributed by atoms with Crippen molar-refractivity contribution in [1.82, 2.24) is 4.90 Å². The molecule has 2 aromatic carbocycles. The highest BCUT2D eigenvalue weighted by atomic mass is 32.2. The molecular weight excluding hydrogens is 292 g/mol. The highest BCUT2D eigenvalue weighted by Gasteiger charge is 2.31. The number of aryl methyl sites for hydroxylation is 2. The molecule has 22 heavy (non-hydrogen) atoms. The fourth-order valence-corrected chi connectivity index (χ4v) is 4.11. The first-order valence-corrected chi connectivity index (χ1v) is 8.51. The van der Waals surface area contributed by atoms with Crippen molar-refractivity contribution in [3.05, 3.63) is 65.2 Å². The lowest BCUT2D eigenvalue weighted by Gasteiger charge is -2.25. The number of rotatable bonds is 2. The van der Waals surface area contributed by atoms with Crippen LogP contribution in [0.25, 0.3) is 0 Å². The van der Waals surface area contributed by atoms with Crippen LogP contribution in [-0.4, -0.2) is 23.2 Å². The SMILES string of the molecule is Cc1ccc(C2SCCN2C(=O)Nc2ccccc2)c(C)c1. The molecule has 2 aromatic rings. The minimum absolute atomic E-state index is 0.0267. The van der Waals surface area contributed by atoms with Gasteiger partial charge in [-0.15, -0.1) is 11.8 Å². The number of para-hydroxylation sites is 1. The van der Waals surface area contributed by atoms with Gasteiger partial charge in [0.2, 0.25) is 0 Å². The van der Waals surface area contributed by atoms with E-state index in [1.54, 1.807) is 0 Å². The number of hydrogen-bond donors (Lipinski definition) is 1. The zero-order valence-corrected chi connectivity index (χ0v) is 13.7. The molecule has 3 rings (SSSR count). The predicted octanol–water partition coefficient (Wildman–Crippen LogP) is 4.58. The van der Waals surface area contributed by atoms with E-state index in [9.17, 15) is 4.79 Å². The summed E-state index contributed by atoms with van der Waals surface area (Å²) in [5.41, 5.74) is 4.57. The van der Waals surface area contributed by atoms with E-state index in [0.29, 0.717) is 0 Å². The van der Waals surface area contributed by atoms with Gasteiger partial charge in [-0.2, -0.15) is 0 Å². The Kier molecular flexibility index (Phi) is 4.39. The van der Waals surface area contributed by atoms with Gasteiger partial charge in [0.1, 0.15) is 5.37 Å². The number of carbonyl (C=O) groups excluding carboxylic acids is 1. The molecule has 0 saturated carbocycles. The zero-order valence-electron chi connectivity index (χ0n) is 12.9. The second kappa shape index (κ2) is 6.44. The second-order valence-electron chi connectivity index (χ2n) is 5.57. The number of hydrogen-bond acceptors (Lipinski definition) is 2. The van der Waals surface area contributed by atoms with E-state index in [4.69, 9.17) is 0 Å². The van der Waals surface area contributed by atoms with Crippen molar-refractivity contribution in [2.45, 2.75) is 19.2 Å². The number of nitrogens with zero attached hydrogens (tertiary/aromatic N) is 1. The van der Waals surface area contributed by atoms with E-state index in [0.717, 1.165) is 18.0 Å². The predicted molar refractivity (Wildman–Crippen MR) is 93.3 cm³/mol. The summed E-state index contributed by atoms with van der Waals surface area (Å²) in [6, 6.07) is 16.0. The van der Waals surface area contributed by atoms with Gasteiger partial charge in [-0.3, -0.25) is 0 Å². The average Bonchev–Trinajstić information content (AvgIpc) is 2.97. The Morgan fingerprint density at radius 2 is 1.95 bits per heavy atom. The third-order valence-electron chi connectivity index (χ3n) is 3.87. The van der Waals surface area contributed by atoms with Gasteiger partial charge in [-0.05, 0) is 37.1 Å². The lowest BCUT2D eigenvalue weighted by atomic mass is 10.1. The molecule has 2 amide bonds. The van der Waals surface area contributed by atoms with E-state index in [1.165, 1.54) is 16.7 Å². The van der Waals surface area contributed by atoms with Gasteiger partial charge in [0.25, 0.3) is 0 Å². The minimum atomic E-state index is -0.0267. The molecule has 1 N–H and O–H groups in total. The summed E-state index contributed by atoms with van der Waals surface area (Å²) in [7, 11) is 0. The van der Waals surface area contributed by atoms with Crippen LogP contribution in [0.15, 0.2) is 48.5 Å². The van der Waals surface area contributed by atoms with Crippen LogP contribution >= 0.6 is 11.8 Å². The van der Waals surface area contributed by atoms with E-state index < -0.39 is 0 Å². The molecule has 0 radical (unpaired) electrons. The molecule has 1 atom stereocenters. The Labute approximate surface area is 135 Å². The standard InChI is InChI=1S/C18H20N2OS/c1-13-8-9-16(14(2)12-13)17-20(10-11-22-17)18(21)19-15-6-4-3-5-7-15/h3-9,12,17H,10-11H2,1-2H3,(H,19,21). The van der Waals surface area contributed by atoms with Gasteiger partial charge in [0.05, 0.1) is 0 Å². The third-order valence-corrected chi connectivity index (χ3v) is 5.11. The van der Waals surface area contributed by atoms with Crippen molar-refractivity contribution in [2.75, 3.05) is 17.6 Å². The Morgan fingerprint density at radius 3 is 2.68 bits per heavy atom. The van der Waals surface area contributed by atoms with Crippen LogP contribution in [-0.2, 0) is 0 Å². The van der Waals surface area contributed by atoms with Crippen LogP contribution in [0, 0.1) is 13.8 Å². The van der Waals surface area contributed by atoms with Gasteiger partial charge in [0.15, 0.2) is 0 Å². The van der Waals surface area contributed by atoms with E-state index in [1.807, 2.05) is 47.0 Å². The van der Waals surface area contributed by atoms with Gasteiger partial charge in [-0.25, -0.2) is 4.79 Å². The van der Waals surface area contributed by atoms with Crippen LogP contribution in [0.2, 0.25) is 0 Å². The Bertz CT molecular complexity index is 672. The zero-order chi connectivity index (χ0) is 15.5. The first-order valence-electron chi connectivity index (χ1n) is 7.46. The number of anilines is 1. The number of benzene rings is 2. The normalized spacial score (nSPS) is 17.5. The fraction of sp³-hybridized carbons (Fsp3) is 0.278. The van der Waals surface area contributed by atoms with E-state index in [-0.39, 0.29) is 11.4 Å². The Hall–Kier alpha value is -1.94. The maximum atomic E-state index is 12.6. The van der Waals surface area contributed by atoms with Crippen molar-refractivity contribution in [1.29, 1.82) is 0 Å². The summed E-state index contributed by atoms with van der Waals surface area (Å²) >= 11 is 1.83. The molecule has 4 heteroatoms. The molecule has 1 fully saturated rings. The number of carbonyl (C=O) groups is 1. The summed E-state index contributed by atoms with van der Waals surface area (Å²) in [5.74, 6) is 0.972. The first-order chi connectivity index (χ1) is 10.6. The average molecular weight is 312 g/mol. The molecule has 0 spiro atoms. The van der Waals surface area contributed by atoms with Crippen molar-refractivity contribution >= 4 is 23.5 Å². The molecular formula is C18H20N2OS. The van der Waals surface area contributed by atoms with Gasteiger partial charge >= 0.3 is 6.03 Å². The monoisotopic (exact) mass is 312 g/mol. The van der Waals surface area contributed by atoms with E-state index in [2.05, 4.69) is 37.4 Å². The van der Waals surface area contributed by atoms with Crippen LogP contribution in [0.1, 0.15) is 22.1 Å². The molecule has 3 nitrogen and oxygen atoms in total. The van der Waals surface area contributed by atoms with Crippen molar-refractivity contribution in [3.63, 3.8) is 0 Å². The van der Waals surface area contributed by atoms with Gasteiger partial charge in [0, 0.05) is 18.0 Å². The molecule has 114 valence electrons. The molecule has 0 aliphatic carbocycles. The van der Waals surface area contributed by atoms with Crippen LogP contribution in [0.3, 0.4) is 0 Å². The quantitative estimate of drug-likeness (QED) is 0.880. The number of amides is 2. The molecule has 1 saturated heterocycles. The molecule has 0 aromatic heterocycles. The summed E-state index contributed by atoms with van der Waals surface area (Å²) in [4.78, 5) is 14.5. The number of urea groups is 1. The van der Waals surface area contributed by atoms with E-state index >= 15 is 0 Å². The summed E-state index contributed by atoms with van der Waals surface area (Å²) in [5, 5.41) is 3.09. The number of thioether (sulfide) groups is 1. The molecule has 0 bridgehead atoms. The maximum absolute atomic E-state index is 12.6. The molecule has 1 aliphatic rings. The number of nitrogens with one attached hydrogen (secondary N) is 1. The van der Waals surface area contributed by atoms with Gasteiger partial charge < -0.3 is 10.2 Å². The third kappa shape index (κ3) is 3.12. The topological polar surface area (TPSA) is 32.3 Å². The highest BCUT2D eigenvalue weighted by Crippen LogP contribution is 2.39. The Balaban J connectivity index is 1.79. The van der Waals surface area contributed by atoms with Crippen LogP contribution < -0.4 is 5.32 Å². The van der Waals surface area contributed by atoms with Crippen LogP contribution in [0.4, 0.5) is 10.5 Å². The summed E-state index contributed by atoms with van der Waals surface area (Å²) in [6.45, 7) is 4.99. The maximum Gasteiger partial charge on any atom is 0.323 e. The lowest BCUT2D eigenvalue weighted by Crippen LogP contribution is -2.34. The summed E-state index contributed by atoms with van der Waals surface area (Å²) in [6.07, 6.45) is 0. The fourth-order valence-electron chi connectivity index (χ4n) is 2.76. The van der Waals surface area contributed by atoms with Crippen LogP contribution in [0.5, 0.6) is 0 Å². The second-order valence-corrected chi connectivity index (χ2v) is 6.76. The molecule has 1 unspecified atom stereocenters. The van der Waals surface area contributed by atoms with Crippen molar-refractivity contribution < 1.29 is 4.79 Å². The minimum Gasteiger partial charge on any atom is -0.308 e. The molecule has 1 heterocycles. The van der Waals surface area contributed by atoms with Crippen molar-refractivity contribution in [2.24, 2.45) is 0 Å². The largest absolute Gasteiger partial charge is 0.323 e. The lowest BCUT2D eigenvalue weighted by molar-refractivity contribution is 0.214.